The lowest BCUT2D eigenvalue weighted by molar-refractivity contribution is 0.767. The molecule has 1 aromatic carbocycles. The number of hydrogen-bond donors (Lipinski definition) is 1. The van der Waals surface area contributed by atoms with Crippen molar-refractivity contribution in [1.29, 1.82) is 0 Å². The van der Waals surface area contributed by atoms with Gasteiger partial charge < -0.3 is 10.3 Å². The van der Waals surface area contributed by atoms with E-state index >= 15 is 0 Å². The van der Waals surface area contributed by atoms with E-state index in [2.05, 4.69) is 52.1 Å². The Hall–Kier alpha value is -1.13. The number of benzene rings is 1. The molecule has 1 aromatic heterocycles. The summed E-state index contributed by atoms with van der Waals surface area (Å²) in [4.78, 5) is 4.64. The van der Waals surface area contributed by atoms with Gasteiger partial charge in [-0.25, -0.2) is 4.98 Å². The summed E-state index contributed by atoms with van der Waals surface area (Å²) in [5.41, 5.74) is 8.94. The zero-order valence-electron chi connectivity index (χ0n) is 10.1. The van der Waals surface area contributed by atoms with Crippen LogP contribution in [0.25, 0.3) is 11.3 Å². The SMILES string of the molecule is Cc1ccc(-c2nc(CCN)n(C)c2Br)cc1. The van der Waals surface area contributed by atoms with E-state index in [1.54, 1.807) is 0 Å². The first-order valence-electron chi connectivity index (χ1n) is 5.61. The van der Waals surface area contributed by atoms with Gasteiger partial charge >= 0.3 is 0 Å². The molecule has 2 N–H and O–H groups in total. The molecule has 0 aliphatic heterocycles. The summed E-state index contributed by atoms with van der Waals surface area (Å²) in [6, 6.07) is 8.38. The highest BCUT2D eigenvalue weighted by Gasteiger charge is 2.13. The molecular formula is C13H16BrN3. The summed E-state index contributed by atoms with van der Waals surface area (Å²) >= 11 is 3.59. The molecule has 4 heteroatoms. The van der Waals surface area contributed by atoms with Crippen LogP contribution >= 0.6 is 15.9 Å². The third-order valence-corrected chi connectivity index (χ3v) is 3.72. The van der Waals surface area contributed by atoms with Gasteiger partial charge in [-0.1, -0.05) is 29.8 Å². The maximum atomic E-state index is 5.58. The normalized spacial score (nSPS) is 10.8. The van der Waals surface area contributed by atoms with Crippen LogP contribution in [0.4, 0.5) is 0 Å². The Morgan fingerprint density at radius 1 is 1.29 bits per heavy atom. The smallest absolute Gasteiger partial charge is 0.112 e. The third kappa shape index (κ3) is 2.42. The van der Waals surface area contributed by atoms with Gasteiger partial charge in [-0.2, -0.15) is 0 Å². The maximum Gasteiger partial charge on any atom is 0.112 e. The quantitative estimate of drug-likeness (QED) is 0.945. The number of nitrogens with two attached hydrogens (primary N) is 1. The second-order valence-electron chi connectivity index (χ2n) is 4.13. The van der Waals surface area contributed by atoms with Crippen LogP contribution in [-0.2, 0) is 13.5 Å². The van der Waals surface area contributed by atoms with E-state index in [1.165, 1.54) is 5.56 Å². The number of halogens is 1. The predicted molar refractivity (Wildman–Crippen MR) is 73.8 cm³/mol. The molecule has 1 heterocycles. The topological polar surface area (TPSA) is 43.8 Å². The minimum atomic E-state index is 0.616. The zero-order chi connectivity index (χ0) is 12.4. The zero-order valence-corrected chi connectivity index (χ0v) is 11.7. The van der Waals surface area contributed by atoms with Gasteiger partial charge in [0, 0.05) is 19.0 Å². The standard InChI is InChI=1S/C13H16BrN3/c1-9-3-5-10(6-4-9)12-13(14)17(2)11(16-12)7-8-15/h3-6H,7-8,15H2,1-2H3. The van der Waals surface area contributed by atoms with Crippen molar-refractivity contribution >= 4 is 15.9 Å². The fourth-order valence-electron chi connectivity index (χ4n) is 1.77. The van der Waals surface area contributed by atoms with Crippen LogP contribution in [0.2, 0.25) is 0 Å². The van der Waals surface area contributed by atoms with E-state index in [1.807, 2.05) is 11.6 Å². The summed E-state index contributed by atoms with van der Waals surface area (Å²) in [5, 5.41) is 0. The van der Waals surface area contributed by atoms with Crippen molar-refractivity contribution in [2.24, 2.45) is 12.8 Å². The largest absolute Gasteiger partial charge is 0.330 e. The van der Waals surface area contributed by atoms with Crippen molar-refractivity contribution in [2.45, 2.75) is 13.3 Å². The van der Waals surface area contributed by atoms with Crippen molar-refractivity contribution in [3.63, 3.8) is 0 Å². The van der Waals surface area contributed by atoms with Crippen molar-refractivity contribution in [1.82, 2.24) is 9.55 Å². The number of rotatable bonds is 3. The molecule has 0 amide bonds. The Morgan fingerprint density at radius 3 is 2.53 bits per heavy atom. The van der Waals surface area contributed by atoms with Crippen LogP contribution in [-0.4, -0.2) is 16.1 Å². The van der Waals surface area contributed by atoms with E-state index in [0.717, 1.165) is 28.1 Å². The van der Waals surface area contributed by atoms with Crippen LogP contribution in [0.15, 0.2) is 28.9 Å². The van der Waals surface area contributed by atoms with E-state index in [0.29, 0.717) is 6.54 Å². The van der Waals surface area contributed by atoms with Crippen molar-refractivity contribution in [3.05, 3.63) is 40.3 Å². The molecule has 0 spiro atoms. The van der Waals surface area contributed by atoms with Gasteiger partial charge in [-0.3, -0.25) is 0 Å². The lowest BCUT2D eigenvalue weighted by Gasteiger charge is -2.00. The van der Waals surface area contributed by atoms with E-state index in [4.69, 9.17) is 5.73 Å². The molecule has 0 aliphatic rings. The second-order valence-corrected chi connectivity index (χ2v) is 4.88. The van der Waals surface area contributed by atoms with Gasteiger partial charge in [0.05, 0.1) is 0 Å². The molecule has 3 nitrogen and oxygen atoms in total. The molecule has 0 unspecified atom stereocenters. The fraction of sp³-hybridized carbons (Fsp3) is 0.308. The molecule has 90 valence electrons. The van der Waals surface area contributed by atoms with Crippen LogP contribution in [0.1, 0.15) is 11.4 Å². The van der Waals surface area contributed by atoms with Gasteiger partial charge in [0.15, 0.2) is 0 Å². The number of imidazole rings is 1. The molecule has 2 rings (SSSR count). The first-order valence-corrected chi connectivity index (χ1v) is 6.41. The van der Waals surface area contributed by atoms with Crippen LogP contribution in [0, 0.1) is 6.92 Å². The summed E-state index contributed by atoms with van der Waals surface area (Å²) < 4.78 is 3.05. The molecule has 17 heavy (non-hydrogen) atoms. The Balaban J connectivity index is 2.45. The monoisotopic (exact) mass is 293 g/mol. The fourth-order valence-corrected chi connectivity index (χ4v) is 2.29. The molecule has 0 aliphatic carbocycles. The molecule has 0 fully saturated rings. The van der Waals surface area contributed by atoms with Crippen molar-refractivity contribution in [3.8, 4) is 11.3 Å². The highest BCUT2D eigenvalue weighted by atomic mass is 79.9. The highest BCUT2D eigenvalue weighted by molar-refractivity contribution is 9.10. The lowest BCUT2D eigenvalue weighted by atomic mass is 10.1. The first-order chi connectivity index (χ1) is 8.13. The number of aryl methyl sites for hydroxylation is 1. The Morgan fingerprint density at radius 2 is 1.94 bits per heavy atom. The summed E-state index contributed by atoms with van der Waals surface area (Å²) in [7, 11) is 2.00. The average Bonchev–Trinajstić information content (AvgIpc) is 2.59. The molecule has 0 bridgehead atoms. The minimum absolute atomic E-state index is 0.616. The van der Waals surface area contributed by atoms with Gasteiger partial charge in [0.25, 0.3) is 0 Å². The summed E-state index contributed by atoms with van der Waals surface area (Å²) in [6.07, 6.45) is 0.793. The second kappa shape index (κ2) is 5.02. The van der Waals surface area contributed by atoms with Crippen LogP contribution < -0.4 is 5.73 Å². The maximum absolute atomic E-state index is 5.58. The number of aromatic nitrogens is 2. The van der Waals surface area contributed by atoms with Crippen molar-refractivity contribution < 1.29 is 0 Å². The summed E-state index contributed by atoms with van der Waals surface area (Å²) in [6.45, 7) is 2.70. The van der Waals surface area contributed by atoms with Crippen LogP contribution in [0.3, 0.4) is 0 Å². The number of hydrogen-bond acceptors (Lipinski definition) is 2. The highest BCUT2D eigenvalue weighted by Crippen LogP contribution is 2.28. The third-order valence-electron chi connectivity index (χ3n) is 2.81. The van der Waals surface area contributed by atoms with Gasteiger partial charge in [-0.05, 0) is 29.4 Å². The average molecular weight is 294 g/mol. The predicted octanol–water partition coefficient (Wildman–Crippen LogP) is 2.66. The van der Waals surface area contributed by atoms with Gasteiger partial charge in [0.2, 0.25) is 0 Å². The van der Waals surface area contributed by atoms with E-state index < -0.39 is 0 Å². The molecule has 0 saturated heterocycles. The Kier molecular flexibility index (Phi) is 3.64. The number of nitrogens with zero attached hydrogens (tertiary/aromatic N) is 2. The van der Waals surface area contributed by atoms with Crippen molar-refractivity contribution in [2.75, 3.05) is 6.54 Å². The van der Waals surface area contributed by atoms with Gasteiger partial charge in [0.1, 0.15) is 16.1 Å². The Bertz CT molecular complexity index is 514. The Labute approximate surface area is 110 Å². The molecule has 2 aromatic rings. The summed E-state index contributed by atoms with van der Waals surface area (Å²) in [5.74, 6) is 1.01. The van der Waals surface area contributed by atoms with E-state index in [-0.39, 0.29) is 0 Å². The molecule has 0 saturated carbocycles. The molecule has 0 atom stereocenters. The van der Waals surface area contributed by atoms with E-state index in [9.17, 15) is 0 Å². The molecule has 0 radical (unpaired) electrons. The molecular weight excluding hydrogens is 278 g/mol. The van der Waals surface area contributed by atoms with Gasteiger partial charge in [-0.15, -0.1) is 0 Å². The minimum Gasteiger partial charge on any atom is -0.330 e. The lowest BCUT2D eigenvalue weighted by Crippen LogP contribution is -2.07. The first kappa shape index (κ1) is 12.3. The van der Waals surface area contributed by atoms with Crippen LogP contribution in [0.5, 0.6) is 0 Å².